The highest BCUT2D eigenvalue weighted by Crippen LogP contribution is 2.25. The molecule has 4 nitrogen and oxygen atoms in total. The fourth-order valence-electron chi connectivity index (χ4n) is 2.35. The van der Waals surface area contributed by atoms with Crippen molar-refractivity contribution in [1.82, 2.24) is 10.0 Å². The zero-order chi connectivity index (χ0) is 13.9. The first kappa shape index (κ1) is 14.8. The van der Waals surface area contributed by atoms with Gasteiger partial charge in [-0.05, 0) is 37.9 Å². The number of aryl methyl sites for hydroxylation is 1. The lowest BCUT2D eigenvalue weighted by Gasteiger charge is -2.18. The Kier molecular flexibility index (Phi) is 4.84. The molecule has 106 valence electrons. The van der Waals surface area contributed by atoms with Gasteiger partial charge in [0, 0.05) is 12.6 Å². The number of sulfonamides is 1. The number of benzene rings is 1. The molecule has 0 aliphatic carbocycles. The van der Waals surface area contributed by atoms with Crippen LogP contribution in [0.25, 0.3) is 0 Å². The molecule has 0 spiro atoms. The molecule has 1 heterocycles. The van der Waals surface area contributed by atoms with Crippen LogP contribution >= 0.6 is 11.6 Å². The quantitative estimate of drug-likeness (QED) is 0.898. The Morgan fingerprint density at radius 1 is 1.37 bits per heavy atom. The Morgan fingerprint density at radius 2 is 2.16 bits per heavy atom. The predicted molar refractivity (Wildman–Crippen MR) is 77.0 cm³/mol. The zero-order valence-corrected chi connectivity index (χ0v) is 12.5. The SMILES string of the molecule is Cc1cccc(Cl)c1S(=O)(=O)NC1CCCCNC1. The number of hydrogen-bond donors (Lipinski definition) is 2. The Bertz CT molecular complexity index is 517. The second kappa shape index (κ2) is 6.22. The smallest absolute Gasteiger partial charge is 0.242 e. The lowest BCUT2D eigenvalue weighted by Crippen LogP contribution is -2.41. The predicted octanol–water partition coefficient (Wildman–Crippen LogP) is 2.07. The van der Waals surface area contributed by atoms with E-state index in [1.54, 1.807) is 25.1 Å². The lowest BCUT2D eigenvalue weighted by atomic mass is 10.2. The van der Waals surface area contributed by atoms with Crippen LogP contribution in [0, 0.1) is 6.92 Å². The third kappa shape index (κ3) is 3.69. The summed E-state index contributed by atoms with van der Waals surface area (Å²) < 4.78 is 27.6. The minimum absolute atomic E-state index is 0.0665. The summed E-state index contributed by atoms with van der Waals surface area (Å²) in [6.07, 6.45) is 2.97. The molecule has 19 heavy (non-hydrogen) atoms. The minimum Gasteiger partial charge on any atom is -0.315 e. The molecular weight excluding hydrogens is 284 g/mol. The summed E-state index contributed by atoms with van der Waals surface area (Å²) in [4.78, 5) is 0.195. The van der Waals surface area contributed by atoms with Crippen molar-refractivity contribution < 1.29 is 8.42 Å². The van der Waals surface area contributed by atoms with E-state index in [4.69, 9.17) is 11.6 Å². The maximum Gasteiger partial charge on any atom is 0.242 e. The number of hydrogen-bond acceptors (Lipinski definition) is 3. The van der Waals surface area contributed by atoms with Crippen molar-refractivity contribution in [1.29, 1.82) is 0 Å². The first-order valence-electron chi connectivity index (χ1n) is 6.49. The van der Waals surface area contributed by atoms with Gasteiger partial charge >= 0.3 is 0 Å². The van der Waals surface area contributed by atoms with E-state index in [0.29, 0.717) is 12.1 Å². The first-order chi connectivity index (χ1) is 9.00. The lowest BCUT2D eigenvalue weighted by molar-refractivity contribution is 0.521. The van der Waals surface area contributed by atoms with Crippen molar-refractivity contribution >= 4 is 21.6 Å². The van der Waals surface area contributed by atoms with Crippen LogP contribution in [-0.4, -0.2) is 27.5 Å². The molecule has 1 aromatic carbocycles. The van der Waals surface area contributed by atoms with Gasteiger partial charge in [-0.3, -0.25) is 0 Å². The maximum atomic E-state index is 12.4. The van der Waals surface area contributed by atoms with Crippen molar-refractivity contribution in [2.75, 3.05) is 13.1 Å². The summed E-state index contributed by atoms with van der Waals surface area (Å²) in [5, 5.41) is 3.51. The average Bonchev–Trinajstić information content (AvgIpc) is 2.56. The Balaban J connectivity index is 2.22. The molecule has 0 amide bonds. The van der Waals surface area contributed by atoms with Crippen molar-refractivity contribution in [3.8, 4) is 0 Å². The van der Waals surface area contributed by atoms with Gasteiger partial charge < -0.3 is 5.32 Å². The molecule has 1 aliphatic heterocycles. The summed E-state index contributed by atoms with van der Waals surface area (Å²) in [5.74, 6) is 0. The van der Waals surface area contributed by atoms with Crippen LogP contribution in [-0.2, 0) is 10.0 Å². The Morgan fingerprint density at radius 3 is 2.89 bits per heavy atom. The van der Waals surface area contributed by atoms with Crippen LogP contribution in [0.4, 0.5) is 0 Å². The van der Waals surface area contributed by atoms with Crippen LogP contribution in [0.15, 0.2) is 23.1 Å². The molecule has 1 aromatic rings. The normalized spacial score (nSPS) is 21.1. The van der Waals surface area contributed by atoms with E-state index < -0.39 is 10.0 Å². The molecular formula is C13H19ClN2O2S. The third-order valence-corrected chi connectivity index (χ3v) is 5.45. The average molecular weight is 303 g/mol. The molecule has 1 aliphatic rings. The molecule has 1 saturated heterocycles. The molecule has 2 N–H and O–H groups in total. The third-order valence-electron chi connectivity index (χ3n) is 3.30. The van der Waals surface area contributed by atoms with Crippen molar-refractivity contribution in [2.24, 2.45) is 0 Å². The standard InChI is InChI=1S/C13H19ClN2O2S/c1-10-5-4-7-12(14)13(10)19(17,18)16-11-6-2-3-8-15-9-11/h4-5,7,11,15-16H,2-3,6,8-9H2,1H3. The maximum absolute atomic E-state index is 12.4. The molecule has 1 fully saturated rings. The highest BCUT2D eigenvalue weighted by molar-refractivity contribution is 7.89. The zero-order valence-electron chi connectivity index (χ0n) is 10.9. The molecule has 0 saturated carbocycles. The molecule has 2 rings (SSSR count). The summed E-state index contributed by atoms with van der Waals surface area (Å²) >= 11 is 6.03. The van der Waals surface area contributed by atoms with Crippen LogP contribution in [0.3, 0.4) is 0 Å². The van der Waals surface area contributed by atoms with Crippen molar-refractivity contribution in [3.63, 3.8) is 0 Å². The van der Waals surface area contributed by atoms with Gasteiger partial charge in [-0.1, -0.05) is 30.2 Å². The van der Waals surface area contributed by atoms with Gasteiger partial charge in [0.2, 0.25) is 10.0 Å². The van der Waals surface area contributed by atoms with Gasteiger partial charge in [-0.2, -0.15) is 0 Å². The highest BCUT2D eigenvalue weighted by Gasteiger charge is 2.24. The minimum atomic E-state index is -3.56. The summed E-state index contributed by atoms with van der Waals surface area (Å²) in [5.41, 5.74) is 0.668. The molecule has 1 atom stereocenters. The van der Waals surface area contributed by atoms with Crippen molar-refractivity contribution in [3.05, 3.63) is 28.8 Å². The molecule has 0 radical (unpaired) electrons. The van der Waals surface area contributed by atoms with E-state index in [1.165, 1.54) is 0 Å². The molecule has 0 aromatic heterocycles. The second-order valence-corrected chi connectivity index (χ2v) is 6.96. The van der Waals surface area contributed by atoms with Gasteiger partial charge in [-0.15, -0.1) is 0 Å². The van der Waals surface area contributed by atoms with E-state index >= 15 is 0 Å². The Labute approximate surface area is 119 Å². The van der Waals surface area contributed by atoms with Crippen LogP contribution in [0.2, 0.25) is 5.02 Å². The van der Waals surface area contributed by atoms with E-state index in [-0.39, 0.29) is 16.0 Å². The second-order valence-electron chi connectivity index (χ2n) is 4.90. The molecule has 1 unspecified atom stereocenters. The van der Waals surface area contributed by atoms with Gasteiger partial charge in [0.1, 0.15) is 4.90 Å². The Hall–Kier alpha value is -0.620. The fraction of sp³-hybridized carbons (Fsp3) is 0.538. The van der Waals surface area contributed by atoms with Crippen LogP contribution in [0.5, 0.6) is 0 Å². The fourth-order valence-corrected chi connectivity index (χ4v) is 4.46. The van der Waals surface area contributed by atoms with E-state index in [0.717, 1.165) is 25.8 Å². The van der Waals surface area contributed by atoms with E-state index in [9.17, 15) is 8.42 Å². The summed E-state index contributed by atoms with van der Waals surface area (Å²) in [6.45, 7) is 3.37. The highest BCUT2D eigenvalue weighted by atomic mass is 35.5. The largest absolute Gasteiger partial charge is 0.315 e. The van der Waals surface area contributed by atoms with E-state index in [1.807, 2.05) is 0 Å². The number of halogens is 1. The number of rotatable bonds is 3. The van der Waals surface area contributed by atoms with Crippen LogP contribution < -0.4 is 10.0 Å². The van der Waals surface area contributed by atoms with Gasteiger partial charge in [0.05, 0.1) is 5.02 Å². The summed E-state index contributed by atoms with van der Waals surface area (Å²) in [6, 6.07) is 5.05. The number of nitrogens with one attached hydrogen (secondary N) is 2. The first-order valence-corrected chi connectivity index (χ1v) is 8.35. The van der Waals surface area contributed by atoms with Gasteiger partial charge in [0.25, 0.3) is 0 Å². The summed E-state index contributed by atoms with van der Waals surface area (Å²) in [7, 11) is -3.56. The van der Waals surface area contributed by atoms with E-state index in [2.05, 4.69) is 10.0 Å². The van der Waals surface area contributed by atoms with Gasteiger partial charge in [0.15, 0.2) is 0 Å². The molecule has 6 heteroatoms. The topological polar surface area (TPSA) is 58.2 Å². The molecule has 0 bridgehead atoms. The van der Waals surface area contributed by atoms with Crippen molar-refractivity contribution in [2.45, 2.75) is 37.1 Å². The van der Waals surface area contributed by atoms with Gasteiger partial charge in [-0.25, -0.2) is 13.1 Å². The monoisotopic (exact) mass is 302 g/mol. The van der Waals surface area contributed by atoms with Crippen LogP contribution in [0.1, 0.15) is 24.8 Å².